The van der Waals surface area contributed by atoms with Crippen molar-refractivity contribution in [3.05, 3.63) is 29.8 Å². The van der Waals surface area contributed by atoms with Crippen molar-refractivity contribution >= 4 is 11.9 Å². The predicted molar refractivity (Wildman–Crippen MR) is 70.9 cm³/mol. The average molecular weight is 265 g/mol. The summed E-state index contributed by atoms with van der Waals surface area (Å²) in [4.78, 5) is 23.2. The van der Waals surface area contributed by atoms with Crippen molar-refractivity contribution in [2.24, 2.45) is 0 Å². The molecule has 0 spiro atoms. The Morgan fingerprint density at radius 2 is 1.84 bits per heavy atom. The lowest BCUT2D eigenvalue weighted by Gasteiger charge is -2.14. The van der Waals surface area contributed by atoms with Gasteiger partial charge in [-0.1, -0.05) is 19.1 Å². The number of benzene rings is 1. The van der Waals surface area contributed by atoms with Crippen LogP contribution in [0.15, 0.2) is 24.3 Å². The Hall–Kier alpha value is -2.04. The van der Waals surface area contributed by atoms with E-state index in [1.54, 1.807) is 19.2 Å². The van der Waals surface area contributed by atoms with Crippen molar-refractivity contribution in [1.29, 1.82) is 0 Å². The Balaban J connectivity index is 2.56. The van der Waals surface area contributed by atoms with Crippen LogP contribution in [0, 0.1) is 0 Å². The van der Waals surface area contributed by atoms with Crippen molar-refractivity contribution in [3.63, 3.8) is 0 Å². The minimum Gasteiger partial charge on any atom is -0.497 e. The molecule has 0 aliphatic rings. The summed E-state index contributed by atoms with van der Waals surface area (Å²) in [5, 5.41) is 2.65. The van der Waals surface area contributed by atoms with Crippen molar-refractivity contribution < 1.29 is 19.1 Å². The smallest absolute Gasteiger partial charge is 0.328 e. The molecule has 1 unspecified atom stereocenters. The second-order valence-corrected chi connectivity index (χ2v) is 4.08. The molecule has 1 rings (SSSR count). The molecule has 1 amide bonds. The van der Waals surface area contributed by atoms with E-state index in [9.17, 15) is 9.59 Å². The van der Waals surface area contributed by atoms with E-state index < -0.39 is 12.0 Å². The number of esters is 1. The molecule has 5 nitrogen and oxygen atoms in total. The van der Waals surface area contributed by atoms with Crippen LogP contribution < -0.4 is 10.1 Å². The van der Waals surface area contributed by atoms with Gasteiger partial charge in [0.2, 0.25) is 5.91 Å². The maximum absolute atomic E-state index is 11.8. The summed E-state index contributed by atoms with van der Waals surface area (Å²) in [6, 6.07) is 6.63. The molecular weight excluding hydrogens is 246 g/mol. The second kappa shape index (κ2) is 7.41. The van der Waals surface area contributed by atoms with E-state index in [0.29, 0.717) is 6.42 Å². The van der Waals surface area contributed by atoms with Gasteiger partial charge >= 0.3 is 5.97 Å². The van der Waals surface area contributed by atoms with Gasteiger partial charge in [0.05, 0.1) is 20.6 Å². The molecule has 0 heterocycles. The van der Waals surface area contributed by atoms with Gasteiger partial charge in [0.1, 0.15) is 11.8 Å². The van der Waals surface area contributed by atoms with Gasteiger partial charge in [-0.25, -0.2) is 4.79 Å². The molecule has 0 saturated carbocycles. The van der Waals surface area contributed by atoms with Crippen molar-refractivity contribution in [1.82, 2.24) is 5.32 Å². The summed E-state index contributed by atoms with van der Waals surface area (Å²) in [5.41, 5.74) is 0.859. The minimum atomic E-state index is -0.587. The molecule has 1 N–H and O–H groups in total. The van der Waals surface area contributed by atoms with Gasteiger partial charge in [0.15, 0.2) is 0 Å². The van der Waals surface area contributed by atoms with Crippen LogP contribution >= 0.6 is 0 Å². The maximum Gasteiger partial charge on any atom is 0.328 e. The van der Waals surface area contributed by atoms with Gasteiger partial charge < -0.3 is 14.8 Å². The fraction of sp³-hybridized carbons (Fsp3) is 0.429. The molecule has 1 aromatic rings. The first kappa shape index (κ1) is 15.0. The quantitative estimate of drug-likeness (QED) is 0.788. The highest BCUT2D eigenvalue weighted by molar-refractivity contribution is 5.85. The Morgan fingerprint density at radius 1 is 1.21 bits per heavy atom. The summed E-state index contributed by atoms with van der Waals surface area (Å²) in [5.74, 6) is 0.109. The topological polar surface area (TPSA) is 64.6 Å². The van der Waals surface area contributed by atoms with E-state index in [1.165, 1.54) is 7.11 Å². The Kier molecular flexibility index (Phi) is 5.85. The van der Waals surface area contributed by atoms with Gasteiger partial charge in [-0.05, 0) is 24.1 Å². The maximum atomic E-state index is 11.8. The third-order valence-corrected chi connectivity index (χ3v) is 2.75. The number of methoxy groups -OCH3 is 2. The SMILES string of the molecule is CCC(NC(=O)Cc1ccc(OC)cc1)C(=O)OC. The average Bonchev–Trinajstić information content (AvgIpc) is 2.44. The summed E-state index contributed by atoms with van der Waals surface area (Å²) in [7, 11) is 2.89. The van der Waals surface area contributed by atoms with Crippen molar-refractivity contribution in [2.75, 3.05) is 14.2 Å². The van der Waals surface area contributed by atoms with Gasteiger partial charge in [0.25, 0.3) is 0 Å². The Bertz CT molecular complexity index is 428. The second-order valence-electron chi connectivity index (χ2n) is 4.08. The zero-order chi connectivity index (χ0) is 14.3. The molecule has 0 aliphatic carbocycles. The Morgan fingerprint density at radius 3 is 2.32 bits per heavy atom. The molecule has 0 radical (unpaired) electrons. The monoisotopic (exact) mass is 265 g/mol. The fourth-order valence-electron chi connectivity index (χ4n) is 1.64. The van der Waals surface area contributed by atoms with Gasteiger partial charge in [0, 0.05) is 0 Å². The van der Waals surface area contributed by atoms with E-state index in [2.05, 4.69) is 10.1 Å². The highest BCUT2D eigenvalue weighted by Gasteiger charge is 2.19. The highest BCUT2D eigenvalue weighted by Crippen LogP contribution is 2.11. The summed E-state index contributed by atoms with van der Waals surface area (Å²) >= 11 is 0. The molecular formula is C14H19NO4. The number of carbonyl (C=O) groups is 2. The number of rotatable bonds is 6. The lowest BCUT2D eigenvalue weighted by Crippen LogP contribution is -2.41. The first-order valence-corrected chi connectivity index (χ1v) is 6.10. The normalized spacial score (nSPS) is 11.5. The molecule has 19 heavy (non-hydrogen) atoms. The standard InChI is InChI=1S/C14H19NO4/c1-4-12(14(17)19-3)15-13(16)9-10-5-7-11(18-2)8-6-10/h5-8,12H,4,9H2,1-3H3,(H,15,16). The highest BCUT2D eigenvalue weighted by atomic mass is 16.5. The van der Waals surface area contributed by atoms with Crippen LogP contribution in [0.5, 0.6) is 5.75 Å². The van der Waals surface area contributed by atoms with Crippen molar-refractivity contribution in [2.45, 2.75) is 25.8 Å². The van der Waals surface area contributed by atoms with Gasteiger partial charge in [-0.15, -0.1) is 0 Å². The van der Waals surface area contributed by atoms with Crippen LogP contribution in [0.25, 0.3) is 0 Å². The number of carbonyl (C=O) groups excluding carboxylic acids is 2. The lowest BCUT2D eigenvalue weighted by molar-refractivity contribution is -0.145. The predicted octanol–water partition coefficient (Wildman–Crippen LogP) is 1.31. The molecule has 104 valence electrons. The third-order valence-electron chi connectivity index (χ3n) is 2.75. The molecule has 1 atom stereocenters. The first-order valence-electron chi connectivity index (χ1n) is 6.10. The van der Waals surface area contributed by atoms with Crippen LogP contribution in [-0.2, 0) is 20.7 Å². The van der Waals surface area contributed by atoms with Gasteiger partial charge in [-0.3, -0.25) is 4.79 Å². The van der Waals surface area contributed by atoms with Crippen LogP contribution in [-0.4, -0.2) is 32.1 Å². The summed E-state index contributed by atoms with van der Waals surface area (Å²) in [6.07, 6.45) is 0.721. The Labute approximate surface area is 112 Å². The number of ether oxygens (including phenoxy) is 2. The minimum absolute atomic E-state index is 0.206. The number of nitrogens with one attached hydrogen (secondary N) is 1. The lowest BCUT2D eigenvalue weighted by atomic mass is 10.1. The largest absolute Gasteiger partial charge is 0.497 e. The zero-order valence-corrected chi connectivity index (χ0v) is 11.4. The molecule has 0 aromatic heterocycles. The van der Waals surface area contributed by atoms with E-state index >= 15 is 0 Å². The molecule has 5 heteroatoms. The molecule has 0 saturated heterocycles. The van der Waals surface area contributed by atoms with E-state index in [1.807, 2.05) is 19.1 Å². The molecule has 0 fully saturated rings. The van der Waals surface area contributed by atoms with Crippen LogP contribution in [0.3, 0.4) is 0 Å². The molecule has 0 aliphatic heterocycles. The third kappa shape index (κ3) is 4.62. The first-order chi connectivity index (χ1) is 9.10. The van der Waals surface area contributed by atoms with Crippen LogP contribution in [0.4, 0.5) is 0 Å². The summed E-state index contributed by atoms with van der Waals surface area (Å²) in [6.45, 7) is 1.81. The van der Waals surface area contributed by atoms with Crippen LogP contribution in [0.1, 0.15) is 18.9 Å². The number of hydrogen-bond acceptors (Lipinski definition) is 4. The number of amides is 1. The zero-order valence-electron chi connectivity index (χ0n) is 11.4. The van der Waals surface area contributed by atoms with Gasteiger partial charge in [-0.2, -0.15) is 0 Å². The fourth-order valence-corrected chi connectivity index (χ4v) is 1.64. The van der Waals surface area contributed by atoms with Crippen LogP contribution in [0.2, 0.25) is 0 Å². The van der Waals surface area contributed by atoms with E-state index in [-0.39, 0.29) is 12.3 Å². The summed E-state index contributed by atoms with van der Waals surface area (Å²) < 4.78 is 9.65. The van der Waals surface area contributed by atoms with Crippen molar-refractivity contribution in [3.8, 4) is 5.75 Å². The van der Waals surface area contributed by atoms with E-state index in [4.69, 9.17) is 4.74 Å². The number of hydrogen-bond donors (Lipinski definition) is 1. The molecule has 1 aromatic carbocycles. The van der Waals surface area contributed by atoms with E-state index in [0.717, 1.165) is 11.3 Å². The molecule has 0 bridgehead atoms.